The Morgan fingerprint density at radius 2 is 1.86 bits per heavy atom. The molecule has 1 N–H and O–H groups in total. The van der Waals surface area contributed by atoms with Crippen molar-refractivity contribution in [3.63, 3.8) is 0 Å². The number of hydrogen-bond acceptors (Lipinski definition) is 2. The third-order valence-electron chi connectivity index (χ3n) is 2.67. The van der Waals surface area contributed by atoms with Gasteiger partial charge in [-0.25, -0.2) is 18.1 Å². The number of carbonyl (C=O) groups is 1. The van der Waals surface area contributed by atoms with Crippen LogP contribution in [0.3, 0.4) is 0 Å². The van der Waals surface area contributed by atoms with Crippen LogP contribution >= 0.6 is 11.6 Å². The van der Waals surface area contributed by atoms with Crippen LogP contribution in [-0.2, 0) is 12.1 Å². The van der Waals surface area contributed by atoms with Crippen LogP contribution in [0.4, 0.5) is 22.0 Å². The first-order valence-electron chi connectivity index (χ1n) is 5.34. The number of aromatic carboxylic acids is 1. The van der Waals surface area contributed by atoms with Crippen molar-refractivity contribution in [3.8, 4) is 0 Å². The minimum atomic E-state index is -5.01. The number of pyridine rings is 1. The minimum absolute atomic E-state index is 0.195. The van der Waals surface area contributed by atoms with Gasteiger partial charge in [0.05, 0.1) is 5.52 Å². The summed E-state index contributed by atoms with van der Waals surface area (Å²) < 4.78 is 65.6. The maximum absolute atomic E-state index is 13.3. The topological polar surface area (TPSA) is 54.6 Å². The van der Waals surface area contributed by atoms with Gasteiger partial charge in [0.1, 0.15) is 10.7 Å². The fourth-order valence-electron chi connectivity index (χ4n) is 1.71. The molecule has 0 atom stereocenters. The fourth-order valence-corrected chi connectivity index (χ4v) is 1.96. The zero-order valence-electron chi connectivity index (χ0n) is 10.2. The molecule has 0 aromatic carbocycles. The van der Waals surface area contributed by atoms with Gasteiger partial charge < -0.3 is 5.11 Å². The van der Waals surface area contributed by atoms with Crippen molar-refractivity contribution in [2.75, 3.05) is 0 Å². The van der Waals surface area contributed by atoms with Crippen molar-refractivity contribution in [1.29, 1.82) is 0 Å². The summed E-state index contributed by atoms with van der Waals surface area (Å²) in [6.45, 7) is 0.418. The molecule has 2 rings (SSSR count). The number of alkyl halides is 5. The molecule has 0 aliphatic heterocycles. The highest BCUT2D eigenvalue weighted by Gasteiger charge is 2.38. The number of rotatable bonds is 2. The van der Waals surface area contributed by atoms with Gasteiger partial charge in [-0.1, -0.05) is 11.6 Å². The van der Waals surface area contributed by atoms with E-state index in [1.807, 2.05) is 0 Å². The van der Waals surface area contributed by atoms with E-state index in [0.29, 0.717) is 13.0 Å². The molecule has 0 aliphatic rings. The molecule has 21 heavy (non-hydrogen) atoms. The van der Waals surface area contributed by atoms with Crippen molar-refractivity contribution >= 4 is 23.1 Å². The summed E-state index contributed by atoms with van der Waals surface area (Å²) in [4.78, 5) is 10.8. The third kappa shape index (κ3) is 2.65. The SMILES string of the molecule is CC(F)(F)c1cc(C(F)(F)F)n2nc(C(=O)O)c(Cl)c2c1. The van der Waals surface area contributed by atoms with E-state index < -0.39 is 45.6 Å². The van der Waals surface area contributed by atoms with Crippen LogP contribution in [0, 0.1) is 0 Å². The number of halogens is 6. The number of carboxylic acid groups (broad SMARTS) is 1. The average Bonchev–Trinajstić information content (AvgIpc) is 2.63. The second kappa shape index (κ2) is 4.55. The monoisotopic (exact) mass is 328 g/mol. The zero-order chi connectivity index (χ0) is 16.2. The van der Waals surface area contributed by atoms with Crippen LogP contribution < -0.4 is 0 Å². The Morgan fingerprint density at radius 3 is 2.29 bits per heavy atom. The first-order valence-corrected chi connectivity index (χ1v) is 5.72. The average molecular weight is 329 g/mol. The molecule has 10 heteroatoms. The van der Waals surface area contributed by atoms with E-state index in [-0.39, 0.29) is 10.6 Å². The van der Waals surface area contributed by atoms with Crippen LogP contribution in [0.15, 0.2) is 12.1 Å². The van der Waals surface area contributed by atoms with Gasteiger partial charge in [-0.05, 0) is 12.1 Å². The van der Waals surface area contributed by atoms with E-state index in [4.69, 9.17) is 16.7 Å². The Morgan fingerprint density at radius 1 is 1.29 bits per heavy atom. The zero-order valence-corrected chi connectivity index (χ0v) is 10.9. The summed E-state index contributed by atoms with van der Waals surface area (Å²) in [5, 5.41) is 11.4. The van der Waals surface area contributed by atoms with E-state index >= 15 is 0 Å². The quantitative estimate of drug-likeness (QED) is 0.853. The third-order valence-corrected chi connectivity index (χ3v) is 3.05. The molecule has 0 amide bonds. The fraction of sp³-hybridized carbons (Fsp3) is 0.273. The van der Waals surface area contributed by atoms with Gasteiger partial charge in [0.15, 0.2) is 5.69 Å². The van der Waals surface area contributed by atoms with Crippen molar-refractivity contribution in [2.45, 2.75) is 19.0 Å². The van der Waals surface area contributed by atoms with E-state index in [0.717, 1.165) is 0 Å². The van der Waals surface area contributed by atoms with Crippen LogP contribution in [0.1, 0.15) is 28.7 Å². The van der Waals surface area contributed by atoms with Crippen molar-refractivity contribution in [3.05, 3.63) is 34.1 Å². The van der Waals surface area contributed by atoms with Crippen LogP contribution in [0.25, 0.3) is 5.52 Å². The maximum Gasteiger partial charge on any atom is 0.433 e. The Bertz CT molecular complexity index is 733. The van der Waals surface area contributed by atoms with Crippen molar-refractivity contribution in [2.24, 2.45) is 0 Å². The largest absolute Gasteiger partial charge is 0.476 e. The number of aromatic nitrogens is 2. The highest BCUT2D eigenvalue weighted by atomic mass is 35.5. The Kier molecular flexibility index (Phi) is 3.36. The Balaban J connectivity index is 2.92. The van der Waals surface area contributed by atoms with E-state index in [9.17, 15) is 26.7 Å². The highest BCUT2D eigenvalue weighted by molar-refractivity contribution is 6.36. The molecule has 0 saturated heterocycles. The van der Waals surface area contributed by atoms with Gasteiger partial charge in [-0.2, -0.15) is 18.3 Å². The lowest BCUT2D eigenvalue weighted by Crippen LogP contribution is -2.16. The van der Waals surface area contributed by atoms with Gasteiger partial charge in [0, 0.05) is 12.5 Å². The van der Waals surface area contributed by atoms with Gasteiger partial charge >= 0.3 is 12.1 Å². The standard InChI is InChI=1S/C11H6ClF5N2O2/c1-10(13,14)4-2-5-7(12)8(9(20)21)18-19(5)6(3-4)11(15,16)17/h2-3H,1H3,(H,20,21). The molecule has 0 unspecified atom stereocenters. The molecule has 114 valence electrons. The first-order chi connectivity index (χ1) is 9.43. The summed E-state index contributed by atoms with van der Waals surface area (Å²) in [5.41, 5.74) is -3.88. The molecule has 0 fully saturated rings. The van der Waals surface area contributed by atoms with Crippen LogP contribution in [0.2, 0.25) is 5.02 Å². The van der Waals surface area contributed by atoms with Gasteiger partial charge in [-0.3, -0.25) is 0 Å². The Hall–Kier alpha value is -1.90. The molecular formula is C11H6ClF5N2O2. The summed E-state index contributed by atoms with van der Waals surface area (Å²) in [6, 6.07) is 0.888. The Labute approximate surface area is 118 Å². The number of nitrogens with zero attached hydrogens (tertiary/aromatic N) is 2. The summed E-state index contributed by atoms with van der Waals surface area (Å²) >= 11 is 5.62. The van der Waals surface area contributed by atoms with E-state index in [2.05, 4.69) is 5.10 Å². The lowest BCUT2D eigenvalue weighted by atomic mass is 10.1. The van der Waals surface area contributed by atoms with Gasteiger partial charge in [0.25, 0.3) is 5.92 Å². The molecule has 2 heterocycles. The summed E-state index contributed by atoms with van der Waals surface area (Å²) in [7, 11) is 0. The van der Waals surface area contributed by atoms with E-state index in [1.54, 1.807) is 0 Å². The minimum Gasteiger partial charge on any atom is -0.476 e. The molecule has 0 saturated carbocycles. The lowest BCUT2D eigenvalue weighted by molar-refractivity contribution is -0.142. The second-order valence-corrected chi connectivity index (χ2v) is 4.66. The lowest BCUT2D eigenvalue weighted by Gasteiger charge is -2.15. The normalized spacial score (nSPS) is 12.9. The van der Waals surface area contributed by atoms with Crippen molar-refractivity contribution < 1.29 is 31.9 Å². The number of hydrogen-bond donors (Lipinski definition) is 1. The van der Waals surface area contributed by atoms with Crippen molar-refractivity contribution in [1.82, 2.24) is 9.61 Å². The summed E-state index contributed by atoms with van der Waals surface area (Å²) in [5.74, 6) is -5.22. The molecular weight excluding hydrogens is 323 g/mol. The number of carboxylic acids is 1. The first kappa shape index (κ1) is 15.5. The smallest absolute Gasteiger partial charge is 0.433 e. The van der Waals surface area contributed by atoms with Crippen LogP contribution in [0.5, 0.6) is 0 Å². The number of fused-ring (bicyclic) bond motifs is 1. The highest BCUT2D eigenvalue weighted by Crippen LogP contribution is 2.37. The molecule has 2 aromatic heterocycles. The second-order valence-electron chi connectivity index (χ2n) is 4.28. The molecule has 0 bridgehead atoms. The van der Waals surface area contributed by atoms with Crippen LogP contribution in [-0.4, -0.2) is 20.7 Å². The van der Waals surface area contributed by atoms with Gasteiger partial charge in [0.2, 0.25) is 0 Å². The van der Waals surface area contributed by atoms with E-state index in [1.165, 1.54) is 0 Å². The molecule has 0 radical (unpaired) electrons. The van der Waals surface area contributed by atoms with Gasteiger partial charge in [-0.15, -0.1) is 0 Å². The maximum atomic E-state index is 13.3. The molecule has 4 nitrogen and oxygen atoms in total. The summed E-state index contributed by atoms with van der Waals surface area (Å²) in [6.07, 6.45) is -5.01. The molecule has 0 aliphatic carbocycles. The molecule has 0 spiro atoms. The predicted octanol–water partition coefficient (Wildman–Crippen LogP) is 3.82. The predicted molar refractivity (Wildman–Crippen MR) is 61.7 cm³/mol. The molecule has 2 aromatic rings.